The molecule has 7 heteroatoms. The normalized spacial score (nSPS) is 19.4. The first-order chi connectivity index (χ1) is 8.83. The van der Waals surface area contributed by atoms with Crippen LogP contribution in [0.3, 0.4) is 0 Å². The van der Waals surface area contributed by atoms with E-state index in [1.165, 1.54) is 10.9 Å². The van der Waals surface area contributed by atoms with Crippen LogP contribution in [0.4, 0.5) is 5.82 Å². The Hall–Kier alpha value is -1.89. The third-order valence-electron chi connectivity index (χ3n) is 3.29. The molecule has 1 fully saturated rings. The first-order valence-corrected chi connectivity index (χ1v) is 6.22. The molecule has 3 heterocycles. The lowest BCUT2D eigenvalue weighted by molar-refractivity contribution is 0.548. The Balaban J connectivity index is 1.63. The van der Waals surface area contributed by atoms with E-state index in [-0.39, 0.29) is 5.69 Å². The quantitative estimate of drug-likeness (QED) is 0.699. The van der Waals surface area contributed by atoms with Crippen LogP contribution < -0.4 is 16.3 Å². The summed E-state index contributed by atoms with van der Waals surface area (Å²) < 4.78 is 1.26. The van der Waals surface area contributed by atoms with E-state index in [1.807, 2.05) is 6.07 Å². The molecule has 0 amide bonds. The average molecular weight is 248 g/mol. The molecule has 0 aromatic carbocycles. The molecule has 18 heavy (non-hydrogen) atoms. The van der Waals surface area contributed by atoms with E-state index < -0.39 is 0 Å². The summed E-state index contributed by atoms with van der Waals surface area (Å²) in [6, 6.07) is 3.60. The second-order valence-electron chi connectivity index (χ2n) is 4.59. The van der Waals surface area contributed by atoms with Gasteiger partial charge in [0, 0.05) is 6.54 Å². The molecular weight excluding hydrogens is 232 g/mol. The lowest BCUT2D eigenvalue weighted by Gasteiger charge is -2.09. The third kappa shape index (κ3) is 2.21. The molecule has 2 aromatic heterocycles. The molecule has 0 aliphatic carbocycles. The number of anilines is 1. The summed E-state index contributed by atoms with van der Waals surface area (Å²) in [5.41, 5.74) is 0.221. The number of H-pyrrole nitrogens is 1. The van der Waals surface area contributed by atoms with Crippen LogP contribution in [0.2, 0.25) is 0 Å². The summed E-state index contributed by atoms with van der Waals surface area (Å²) in [7, 11) is 0. The van der Waals surface area contributed by atoms with E-state index in [4.69, 9.17) is 0 Å². The van der Waals surface area contributed by atoms with Gasteiger partial charge in [0.2, 0.25) is 0 Å². The number of aromatic amines is 1. The average Bonchev–Trinajstić information content (AvgIpc) is 3.01. The minimum Gasteiger partial charge on any atom is -0.369 e. The molecule has 1 atom stereocenters. The largest absolute Gasteiger partial charge is 0.369 e. The summed E-state index contributed by atoms with van der Waals surface area (Å²) in [5.74, 6) is 1.45. The Labute approximate surface area is 104 Å². The molecule has 0 bridgehead atoms. The topological polar surface area (TPSA) is 87.1 Å². The minimum absolute atomic E-state index is 0.311. The van der Waals surface area contributed by atoms with Crippen molar-refractivity contribution in [3.8, 4) is 0 Å². The van der Waals surface area contributed by atoms with Crippen LogP contribution >= 0.6 is 0 Å². The zero-order valence-electron chi connectivity index (χ0n) is 10.0. The van der Waals surface area contributed by atoms with Crippen molar-refractivity contribution < 1.29 is 0 Å². The molecule has 3 rings (SSSR count). The Bertz CT molecular complexity index is 582. The molecule has 0 spiro atoms. The van der Waals surface area contributed by atoms with Gasteiger partial charge >= 0.3 is 5.69 Å². The molecule has 96 valence electrons. The van der Waals surface area contributed by atoms with Gasteiger partial charge in [0.05, 0.1) is 0 Å². The van der Waals surface area contributed by atoms with Crippen molar-refractivity contribution in [2.24, 2.45) is 5.92 Å². The lowest BCUT2D eigenvalue weighted by atomic mass is 10.1. The smallest absolute Gasteiger partial charge is 0.364 e. The van der Waals surface area contributed by atoms with E-state index in [0.717, 1.165) is 32.0 Å². The van der Waals surface area contributed by atoms with Crippen LogP contribution in [0, 0.1) is 5.92 Å². The maximum absolute atomic E-state index is 11.4. The maximum Gasteiger partial charge on any atom is 0.364 e. The van der Waals surface area contributed by atoms with Crippen molar-refractivity contribution in [3.63, 3.8) is 0 Å². The van der Waals surface area contributed by atoms with Gasteiger partial charge in [0.25, 0.3) is 0 Å². The van der Waals surface area contributed by atoms with E-state index in [1.54, 1.807) is 6.07 Å². The van der Waals surface area contributed by atoms with Gasteiger partial charge in [-0.2, -0.15) is 9.61 Å². The fraction of sp³-hybridized carbons (Fsp3) is 0.545. The number of nitrogens with one attached hydrogen (secondary N) is 3. The van der Waals surface area contributed by atoms with E-state index >= 15 is 0 Å². The van der Waals surface area contributed by atoms with Crippen molar-refractivity contribution in [2.45, 2.75) is 12.8 Å². The Morgan fingerprint density at radius 2 is 2.44 bits per heavy atom. The zero-order valence-corrected chi connectivity index (χ0v) is 10.0. The second kappa shape index (κ2) is 4.77. The second-order valence-corrected chi connectivity index (χ2v) is 4.59. The highest BCUT2D eigenvalue weighted by molar-refractivity contribution is 5.42. The number of aromatic nitrogens is 4. The van der Waals surface area contributed by atoms with Gasteiger partial charge < -0.3 is 10.6 Å². The molecule has 0 radical (unpaired) electrons. The van der Waals surface area contributed by atoms with Crippen LogP contribution in [0.5, 0.6) is 0 Å². The minimum atomic E-state index is -0.311. The highest BCUT2D eigenvalue weighted by atomic mass is 16.2. The van der Waals surface area contributed by atoms with E-state index in [2.05, 4.69) is 25.9 Å². The van der Waals surface area contributed by atoms with Crippen LogP contribution in [-0.4, -0.2) is 39.4 Å². The Morgan fingerprint density at radius 1 is 1.50 bits per heavy atom. The lowest BCUT2D eigenvalue weighted by Crippen LogP contribution is -2.16. The number of fused-ring (bicyclic) bond motifs is 1. The Morgan fingerprint density at radius 3 is 3.28 bits per heavy atom. The summed E-state index contributed by atoms with van der Waals surface area (Å²) in [6.45, 7) is 3.10. The number of hydrogen-bond acceptors (Lipinski definition) is 5. The number of rotatable bonds is 4. The van der Waals surface area contributed by atoms with E-state index in [9.17, 15) is 4.79 Å². The van der Waals surface area contributed by atoms with E-state index in [0.29, 0.717) is 11.5 Å². The van der Waals surface area contributed by atoms with Crippen molar-refractivity contribution in [1.82, 2.24) is 25.1 Å². The zero-order chi connectivity index (χ0) is 12.4. The molecule has 1 aliphatic rings. The highest BCUT2D eigenvalue weighted by Crippen LogP contribution is 2.12. The molecule has 7 nitrogen and oxygen atoms in total. The SMILES string of the molecule is O=c1[nH]nc2ccc(NCCC3CCNC3)nn12. The van der Waals surface area contributed by atoms with Gasteiger partial charge in [0.1, 0.15) is 5.82 Å². The van der Waals surface area contributed by atoms with Gasteiger partial charge in [-0.25, -0.2) is 9.89 Å². The monoisotopic (exact) mass is 248 g/mol. The predicted molar refractivity (Wildman–Crippen MR) is 67.7 cm³/mol. The number of hydrogen-bond donors (Lipinski definition) is 3. The molecule has 1 saturated heterocycles. The summed E-state index contributed by atoms with van der Waals surface area (Å²) in [5, 5.41) is 17.0. The summed E-state index contributed by atoms with van der Waals surface area (Å²) in [4.78, 5) is 11.4. The van der Waals surface area contributed by atoms with Crippen molar-refractivity contribution in [1.29, 1.82) is 0 Å². The third-order valence-corrected chi connectivity index (χ3v) is 3.29. The fourth-order valence-corrected chi connectivity index (χ4v) is 2.26. The van der Waals surface area contributed by atoms with Crippen LogP contribution in [0.15, 0.2) is 16.9 Å². The maximum atomic E-state index is 11.4. The van der Waals surface area contributed by atoms with Gasteiger partial charge in [0.15, 0.2) is 5.65 Å². The molecule has 0 saturated carbocycles. The number of nitrogens with zero attached hydrogens (tertiary/aromatic N) is 3. The standard InChI is InChI=1S/C11H16N6O/c18-11-15-14-10-2-1-9(16-17(10)11)13-6-4-8-3-5-12-7-8/h1-2,8,12H,3-7H2,(H,13,16)(H,15,18). The van der Waals surface area contributed by atoms with Crippen molar-refractivity contribution in [2.75, 3.05) is 25.0 Å². The van der Waals surface area contributed by atoms with Crippen LogP contribution in [0.1, 0.15) is 12.8 Å². The first-order valence-electron chi connectivity index (χ1n) is 6.22. The summed E-state index contributed by atoms with van der Waals surface area (Å²) in [6.07, 6.45) is 2.36. The van der Waals surface area contributed by atoms with Gasteiger partial charge in [-0.3, -0.25) is 0 Å². The van der Waals surface area contributed by atoms with Crippen LogP contribution in [-0.2, 0) is 0 Å². The van der Waals surface area contributed by atoms with Crippen molar-refractivity contribution in [3.05, 3.63) is 22.6 Å². The Kier molecular flexibility index (Phi) is 2.97. The van der Waals surface area contributed by atoms with Gasteiger partial charge in [-0.05, 0) is 44.0 Å². The van der Waals surface area contributed by atoms with Crippen LogP contribution in [0.25, 0.3) is 5.65 Å². The fourth-order valence-electron chi connectivity index (χ4n) is 2.26. The predicted octanol–water partition coefficient (Wildman–Crippen LogP) is -0.171. The van der Waals surface area contributed by atoms with Gasteiger partial charge in [-0.1, -0.05) is 0 Å². The molecule has 3 N–H and O–H groups in total. The van der Waals surface area contributed by atoms with Crippen molar-refractivity contribution >= 4 is 11.5 Å². The summed E-state index contributed by atoms with van der Waals surface area (Å²) >= 11 is 0. The molecule has 1 unspecified atom stereocenters. The highest BCUT2D eigenvalue weighted by Gasteiger charge is 2.13. The molecular formula is C11H16N6O. The van der Waals surface area contributed by atoms with Gasteiger partial charge in [-0.15, -0.1) is 5.10 Å². The molecule has 2 aromatic rings. The molecule has 1 aliphatic heterocycles. The first kappa shape index (κ1) is 11.2.